The van der Waals surface area contributed by atoms with Gasteiger partial charge in [0.2, 0.25) is 12.4 Å². The molecule has 18 heavy (non-hydrogen) atoms. The van der Waals surface area contributed by atoms with Gasteiger partial charge in [-0.05, 0) is 6.92 Å². The summed E-state index contributed by atoms with van der Waals surface area (Å²) in [4.78, 5) is 32.9. The number of carbonyl (C=O) groups excluding carboxylic acids is 3. The van der Waals surface area contributed by atoms with Gasteiger partial charge in [-0.15, -0.1) is 0 Å². The summed E-state index contributed by atoms with van der Waals surface area (Å²) in [7, 11) is 0. The van der Waals surface area contributed by atoms with Crippen molar-refractivity contribution in [2.24, 2.45) is 0 Å². The lowest BCUT2D eigenvalue weighted by Gasteiger charge is -2.22. The summed E-state index contributed by atoms with van der Waals surface area (Å²) in [6.07, 6.45) is -3.35. The fraction of sp³-hybridized carbons (Fsp3) is 0.727. The first-order valence-electron chi connectivity index (χ1n) is 5.48. The van der Waals surface area contributed by atoms with Gasteiger partial charge in [-0.2, -0.15) is 0 Å². The number of ether oxygens (including phenoxy) is 4. The maximum atomic E-state index is 11.0. The molecule has 1 saturated heterocycles. The minimum absolute atomic E-state index is 0.531. The van der Waals surface area contributed by atoms with Crippen LogP contribution in [0.3, 0.4) is 0 Å². The molecule has 4 atom stereocenters. The molecule has 0 amide bonds. The molecule has 0 N–H and O–H groups in total. The summed E-state index contributed by atoms with van der Waals surface area (Å²) in [6.45, 7) is 5.28. The second-order valence-electron chi connectivity index (χ2n) is 3.97. The average Bonchev–Trinajstić information content (AvgIpc) is 2.43. The average molecular weight is 260 g/mol. The van der Waals surface area contributed by atoms with Crippen molar-refractivity contribution < 1.29 is 33.3 Å². The van der Waals surface area contributed by atoms with E-state index < -0.39 is 42.5 Å². The van der Waals surface area contributed by atoms with Crippen LogP contribution >= 0.6 is 0 Å². The molecule has 0 spiro atoms. The van der Waals surface area contributed by atoms with Crippen molar-refractivity contribution in [3.05, 3.63) is 0 Å². The highest BCUT2D eigenvalue weighted by Crippen LogP contribution is 2.27. The Morgan fingerprint density at radius 2 is 1.28 bits per heavy atom. The first kappa shape index (κ1) is 14.4. The van der Waals surface area contributed by atoms with E-state index in [1.165, 1.54) is 20.8 Å². The van der Waals surface area contributed by atoms with Crippen LogP contribution in [0.2, 0.25) is 0 Å². The zero-order valence-corrected chi connectivity index (χ0v) is 10.7. The molecule has 0 saturated carbocycles. The van der Waals surface area contributed by atoms with Crippen LogP contribution in [0.4, 0.5) is 0 Å². The van der Waals surface area contributed by atoms with E-state index >= 15 is 0 Å². The van der Waals surface area contributed by atoms with Crippen molar-refractivity contribution in [1.29, 1.82) is 0 Å². The topological polar surface area (TPSA) is 88.1 Å². The Labute approximate surface area is 104 Å². The Kier molecular flexibility index (Phi) is 4.66. The summed E-state index contributed by atoms with van der Waals surface area (Å²) < 4.78 is 20.2. The molecule has 0 bridgehead atoms. The summed E-state index contributed by atoms with van der Waals surface area (Å²) in [5.41, 5.74) is 0. The molecule has 7 nitrogen and oxygen atoms in total. The van der Waals surface area contributed by atoms with Gasteiger partial charge in [0.05, 0.1) is 6.10 Å². The van der Waals surface area contributed by atoms with Crippen LogP contribution in [0.5, 0.6) is 0 Å². The van der Waals surface area contributed by atoms with Crippen LogP contribution in [0.1, 0.15) is 27.7 Å². The molecule has 0 aromatic carbocycles. The van der Waals surface area contributed by atoms with Crippen LogP contribution in [0.25, 0.3) is 0 Å². The summed E-state index contributed by atoms with van der Waals surface area (Å²) >= 11 is 0. The Bertz CT molecular complexity index is 351. The van der Waals surface area contributed by atoms with E-state index in [1.54, 1.807) is 6.92 Å². The van der Waals surface area contributed by atoms with Gasteiger partial charge in [0.15, 0.2) is 6.10 Å². The van der Waals surface area contributed by atoms with E-state index in [1.807, 2.05) is 0 Å². The maximum absolute atomic E-state index is 11.0. The SMILES string of the molecule is CC(=O)OC1O[C@H](C)[C@@H](OC(C)=O)[C@@H]1OC(C)=O. The molecule has 1 aliphatic heterocycles. The standard InChI is InChI=1S/C11H16O7/c1-5-9(16-6(2)12)10(17-7(3)13)11(15-5)18-8(4)14/h5,9-11H,1-4H3/t5-,9-,10+,11?/m1/s1. The molecule has 0 radical (unpaired) electrons. The second-order valence-corrected chi connectivity index (χ2v) is 3.97. The van der Waals surface area contributed by atoms with Crippen LogP contribution in [0.15, 0.2) is 0 Å². The van der Waals surface area contributed by atoms with Crippen LogP contribution in [-0.2, 0) is 33.3 Å². The minimum Gasteiger partial charge on any atom is -0.456 e. The van der Waals surface area contributed by atoms with Gasteiger partial charge >= 0.3 is 17.9 Å². The molecular formula is C11H16O7. The van der Waals surface area contributed by atoms with Crippen molar-refractivity contribution >= 4 is 17.9 Å². The monoisotopic (exact) mass is 260 g/mol. The maximum Gasteiger partial charge on any atom is 0.305 e. The molecule has 0 aromatic heterocycles. The molecule has 0 aromatic rings. The van der Waals surface area contributed by atoms with Crippen molar-refractivity contribution in [2.75, 3.05) is 0 Å². The van der Waals surface area contributed by atoms with Gasteiger partial charge in [-0.1, -0.05) is 0 Å². The van der Waals surface area contributed by atoms with Gasteiger partial charge in [-0.25, -0.2) is 0 Å². The van der Waals surface area contributed by atoms with Crippen molar-refractivity contribution in [1.82, 2.24) is 0 Å². The summed E-state index contributed by atoms with van der Waals surface area (Å²) in [5.74, 6) is -1.68. The van der Waals surface area contributed by atoms with E-state index in [4.69, 9.17) is 18.9 Å². The number of hydrogen-bond donors (Lipinski definition) is 0. The number of carbonyl (C=O) groups is 3. The Hall–Kier alpha value is -1.63. The Balaban J connectivity index is 2.83. The van der Waals surface area contributed by atoms with E-state index in [-0.39, 0.29) is 0 Å². The smallest absolute Gasteiger partial charge is 0.305 e. The highest BCUT2D eigenvalue weighted by atomic mass is 16.7. The Morgan fingerprint density at radius 1 is 0.833 bits per heavy atom. The van der Waals surface area contributed by atoms with E-state index in [0.29, 0.717) is 0 Å². The fourth-order valence-corrected chi connectivity index (χ4v) is 1.72. The zero-order chi connectivity index (χ0) is 13.9. The molecule has 0 aliphatic carbocycles. The predicted octanol–water partition coefficient (Wildman–Crippen LogP) is 0.158. The lowest BCUT2D eigenvalue weighted by Crippen LogP contribution is -2.40. The lowest BCUT2D eigenvalue weighted by molar-refractivity contribution is -0.194. The first-order valence-corrected chi connectivity index (χ1v) is 5.48. The molecule has 102 valence electrons. The van der Waals surface area contributed by atoms with Gasteiger partial charge in [-0.3, -0.25) is 14.4 Å². The highest BCUT2D eigenvalue weighted by Gasteiger charge is 2.49. The quantitative estimate of drug-likeness (QED) is 0.527. The molecular weight excluding hydrogens is 244 g/mol. The van der Waals surface area contributed by atoms with Gasteiger partial charge in [0.1, 0.15) is 0 Å². The van der Waals surface area contributed by atoms with Gasteiger partial charge in [0, 0.05) is 20.8 Å². The van der Waals surface area contributed by atoms with Crippen LogP contribution < -0.4 is 0 Å². The Morgan fingerprint density at radius 3 is 1.72 bits per heavy atom. The molecule has 1 rings (SSSR count). The summed E-state index contributed by atoms with van der Waals surface area (Å²) in [6, 6.07) is 0. The largest absolute Gasteiger partial charge is 0.456 e. The molecule has 1 heterocycles. The summed E-state index contributed by atoms with van der Waals surface area (Å²) in [5, 5.41) is 0. The molecule has 1 aliphatic rings. The molecule has 1 fully saturated rings. The normalized spacial score (nSPS) is 30.7. The number of rotatable bonds is 3. The lowest BCUT2D eigenvalue weighted by atomic mass is 10.1. The predicted molar refractivity (Wildman–Crippen MR) is 57.2 cm³/mol. The fourth-order valence-electron chi connectivity index (χ4n) is 1.72. The van der Waals surface area contributed by atoms with Crippen molar-refractivity contribution in [3.8, 4) is 0 Å². The van der Waals surface area contributed by atoms with Gasteiger partial charge < -0.3 is 18.9 Å². The second kappa shape index (κ2) is 5.81. The van der Waals surface area contributed by atoms with E-state index in [0.717, 1.165) is 0 Å². The van der Waals surface area contributed by atoms with Crippen LogP contribution in [-0.4, -0.2) is 42.5 Å². The van der Waals surface area contributed by atoms with E-state index in [2.05, 4.69) is 0 Å². The third kappa shape index (κ3) is 3.69. The number of esters is 3. The third-order valence-corrected chi connectivity index (χ3v) is 2.29. The van der Waals surface area contributed by atoms with Crippen molar-refractivity contribution in [3.63, 3.8) is 0 Å². The third-order valence-electron chi connectivity index (χ3n) is 2.29. The van der Waals surface area contributed by atoms with Gasteiger partial charge in [0.25, 0.3) is 0 Å². The van der Waals surface area contributed by atoms with Crippen molar-refractivity contribution in [2.45, 2.75) is 52.3 Å². The number of hydrogen-bond acceptors (Lipinski definition) is 7. The van der Waals surface area contributed by atoms with Crippen LogP contribution in [0, 0.1) is 0 Å². The molecule has 1 unspecified atom stereocenters. The molecule has 7 heteroatoms. The highest BCUT2D eigenvalue weighted by molar-refractivity contribution is 5.68. The van der Waals surface area contributed by atoms with E-state index in [9.17, 15) is 14.4 Å². The zero-order valence-electron chi connectivity index (χ0n) is 10.7. The first-order chi connectivity index (χ1) is 8.31. The minimum atomic E-state index is -1.06.